The summed E-state index contributed by atoms with van der Waals surface area (Å²) in [4.78, 5) is 11.4. The van der Waals surface area contributed by atoms with Crippen LogP contribution in [-0.2, 0) is 9.53 Å². The molecule has 88 valence electrons. The van der Waals surface area contributed by atoms with Crippen LogP contribution < -0.4 is 10.7 Å². The second-order valence-corrected chi connectivity index (χ2v) is 3.75. The van der Waals surface area contributed by atoms with Crippen molar-refractivity contribution >= 4 is 5.91 Å². The molecule has 0 aliphatic carbocycles. The molecule has 1 saturated heterocycles. The van der Waals surface area contributed by atoms with Crippen LogP contribution in [0.3, 0.4) is 0 Å². The first kappa shape index (κ1) is 12.4. The fraction of sp³-hybridized carbons (Fsp3) is 0.900. The zero-order valence-electron chi connectivity index (χ0n) is 9.42. The van der Waals surface area contributed by atoms with Crippen molar-refractivity contribution in [3.8, 4) is 0 Å². The number of piperidine rings is 1. The van der Waals surface area contributed by atoms with E-state index >= 15 is 0 Å². The van der Waals surface area contributed by atoms with E-state index in [4.69, 9.17) is 4.74 Å². The van der Waals surface area contributed by atoms with Crippen LogP contribution in [0.4, 0.5) is 0 Å². The summed E-state index contributed by atoms with van der Waals surface area (Å²) in [6, 6.07) is 0. The van der Waals surface area contributed by atoms with Gasteiger partial charge in [-0.2, -0.15) is 0 Å². The molecule has 2 N–H and O–H groups in total. The zero-order valence-corrected chi connectivity index (χ0v) is 9.42. The zero-order chi connectivity index (χ0) is 10.9. The molecular formula is C10H21N3O2. The molecule has 1 rings (SSSR count). The second-order valence-electron chi connectivity index (χ2n) is 3.75. The lowest BCUT2D eigenvalue weighted by molar-refractivity contribution is -0.125. The molecule has 0 atom stereocenters. The Balaban J connectivity index is 2.01. The van der Waals surface area contributed by atoms with Crippen molar-refractivity contribution < 1.29 is 9.53 Å². The van der Waals surface area contributed by atoms with Crippen LogP contribution in [0.15, 0.2) is 0 Å². The van der Waals surface area contributed by atoms with Crippen LogP contribution in [-0.4, -0.2) is 50.8 Å². The quantitative estimate of drug-likeness (QED) is 0.599. The Bertz CT molecular complexity index is 182. The largest absolute Gasteiger partial charge is 0.383 e. The fourth-order valence-electron chi connectivity index (χ4n) is 1.60. The highest BCUT2D eigenvalue weighted by molar-refractivity contribution is 5.77. The molecular weight excluding hydrogens is 194 g/mol. The van der Waals surface area contributed by atoms with Gasteiger partial charge in [0.2, 0.25) is 5.91 Å². The molecule has 0 saturated carbocycles. The minimum absolute atomic E-state index is 0.0352. The highest BCUT2D eigenvalue weighted by Gasteiger charge is 2.11. The van der Waals surface area contributed by atoms with E-state index in [1.54, 1.807) is 7.11 Å². The van der Waals surface area contributed by atoms with Crippen molar-refractivity contribution in [2.45, 2.75) is 19.3 Å². The van der Waals surface area contributed by atoms with Gasteiger partial charge in [0.25, 0.3) is 0 Å². The topological polar surface area (TPSA) is 53.6 Å². The maximum atomic E-state index is 11.4. The lowest BCUT2D eigenvalue weighted by Gasteiger charge is -2.26. The lowest BCUT2D eigenvalue weighted by Crippen LogP contribution is -2.48. The first-order chi connectivity index (χ1) is 7.33. The molecule has 1 amide bonds. The van der Waals surface area contributed by atoms with Crippen LogP contribution in [0.1, 0.15) is 19.3 Å². The number of nitrogens with one attached hydrogen (secondary N) is 2. The Morgan fingerprint density at radius 2 is 2.07 bits per heavy atom. The SMILES string of the molecule is COCCNCC(=O)NN1CCCCC1. The van der Waals surface area contributed by atoms with E-state index in [-0.39, 0.29) is 5.91 Å². The van der Waals surface area contributed by atoms with E-state index in [1.165, 1.54) is 19.3 Å². The van der Waals surface area contributed by atoms with E-state index in [0.717, 1.165) is 13.1 Å². The number of carbonyl (C=O) groups excluding carboxylic acids is 1. The molecule has 0 aromatic carbocycles. The van der Waals surface area contributed by atoms with Crippen LogP contribution in [0.2, 0.25) is 0 Å². The smallest absolute Gasteiger partial charge is 0.248 e. The van der Waals surface area contributed by atoms with Gasteiger partial charge in [-0.15, -0.1) is 0 Å². The lowest BCUT2D eigenvalue weighted by atomic mass is 10.2. The van der Waals surface area contributed by atoms with Gasteiger partial charge in [0, 0.05) is 26.7 Å². The Morgan fingerprint density at radius 1 is 1.33 bits per heavy atom. The van der Waals surface area contributed by atoms with Crippen molar-refractivity contribution in [2.24, 2.45) is 0 Å². The third-order valence-electron chi connectivity index (χ3n) is 2.41. The van der Waals surface area contributed by atoms with Crippen molar-refractivity contribution in [2.75, 3.05) is 39.9 Å². The standard InChI is InChI=1S/C10H21N3O2/c1-15-8-5-11-9-10(14)12-13-6-3-2-4-7-13/h11H,2-9H2,1H3,(H,12,14). The average Bonchev–Trinajstić information content (AvgIpc) is 2.26. The van der Waals surface area contributed by atoms with Gasteiger partial charge in [0.05, 0.1) is 13.2 Å². The van der Waals surface area contributed by atoms with Gasteiger partial charge in [0.15, 0.2) is 0 Å². The monoisotopic (exact) mass is 215 g/mol. The number of hydrogen-bond acceptors (Lipinski definition) is 4. The predicted octanol–water partition coefficient (Wildman–Crippen LogP) is -0.260. The van der Waals surface area contributed by atoms with Gasteiger partial charge < -0.3 is 10.1 Å². The summed E-state index contributed by atoms with van der Waals surface area (Å²) in [5, 5.41) is 5.02. The second kappa shape index (κ2) is 7.62. The first-order valence-electron chi connectivity index (χ1n) is 5.57. The van der Waals surface area contributed by atoms with Crippen LogP contribution in [0.25, 0.3) is 0 Å². The van der Waals surface area contributed by atoms with Crippen molar-refractivity contribution in [1.82, 2.24) is 15.8 Å². The number of nitrogens with zero attached hydrogens (tertiary/aromatic N) is 1. The van der Waals surface area contributed by atoms with E-state index < -0.39 is 0 Å². The van der Waals surface area contributed by atoms with Gasteiger partial charge in [-0.25, -0.2) is 5.01 Å². The summed E-state index contributed by atoms with van der Waals surface area (Å²) in [7, 11) is 1.65. The number of hydrogen-bond donors (Lipinski definition) is 2. The van der Waals surface area contributed by atoms with Crippen molar-refractivity contribution in [3.63, 3.8) is 0 Å². The first-order valence-corrected chi connectivity index (χ1v) is 5.57. The third-order valence-corrected chi connectivity index (χ3v) is 2.41. The molecule has 15 heavy (non-hydrogen) atoms. The van der Waals surface area contributed by atoms with Gasteiger partial charge in [-0.1, -0.05) is 6.42 Å². The summed E-state index contributed by atoms with van der Waals surface area (Å²) in [5.41, 5.74) is 2.89. The van der Waals surface area contributed by atoms with E-state index in [0.29, 0.717) is 19.7 Å². The van der Waals surface area contributed by atoms with E-state index in [1.807, 2.05) is 5.01 Å². The molecule has 0 aromatic rings. The Hall–Kier alpha value is -0.650. The molecule has 1 fully saturated rings. The number of hydrazine groups is 1. The Labute approximate surface area is 91.1 Å². The molecule has 0 bridgehead atoms. The Morgan fingerprint density at radius 3 is 2.73 bits per heavy atom. The van der Waals surface area contributed by atoms with Crippen LogP contribution >= 0.6 is 0 Å². The molecule has 1 aliphatic rings. The summed E-state index contributed by atoms with van der Waals surface area (Å²) in [5.74, 6) is 0.0352. The maximum absolute atomic E-state index is 11.4. The van der Waals surface area contributed by atoms with Gasteiger partial charge in [-0.3, -0.25) is 10.2 Å². The summed E-state index contributed by atoms with van der Waals surface area (Å²) < 4.78 is 4.87. The predicted molar refractivity (Wildman–Crippen MR) is 58.3 cm³/mol. The highest BCUT2D eigenvalue weighted by Crippen LogP contribution is 2.05. The number of ether oxygens (including phenoxy) is 1. The van der Waals surface area contributed by atoms with Crippen LogP contribution in [0, 0.1) is 0 Å². The maximum Gasteiger partial charge on any atom is 0.248 e. The number of carbonyl (C=O) groups is 1. The minimum Gasteiger partial charge on any atom is -0.383 e. The number of rotatable bonds is 6. The molecule has 0 spiro atoms. The summed E-state index contributed by atoms with van der Waals surface area (Å²) in [6.45, 7) is 3.66. The van der Waals surface area contributed by atoms with Gasteiger partial charge >= 0.3 is 0 Å². The summed E-state index contributed by atoms with van der Waals surface area (Å²) >= 11 is 0. The minimum atomic E-state index is 0.0352. The normalized spacial score (nSPS) is 17.7. The molecule has 5 heteroatoms. The molecule has 1 aliphatic heterocycles. The van der Waals surface area contributed by atoms with Crippen molar-refractivity contribution in [3.05, 3.63) is 0 Å². The average molecular weight is 215 g/mol. The van der Waals surface area contributed by atoms with Crippen molar-refractivity contribution in [1.29, 1.82) is 0 Å². The molecule has 1 heterocycles. The molecule has 0 radical (unpaired) electrons. The van der Waals surface area contributed by atoms with Gasteiger partial charge in [-0.05, 0) is 12.8 Å². The molecule has 0 unspecified atom stereocenters. The van der Waals surface area contributed by atoms with E-state index in [2.05, 4.69) is 10.7 Å². The fourth-order valence-corrected chi connectivity index (χ4v) is 1.60. The molecule has 5 nitrogen and oxygen atoms in total. The van der Waals surface area contributed by atoms with Gasteiger partial charge in [0.1, 0.15) is 0 Å². The third kappa shape index (κ3) is 5.71. The molecule has 0 aromatic heterocycles. The number of amides is 1. The highest BCUT2D eigenvalue weighted by atomic mass is 16.5. The number of methoxy groups -OCH3 is 1. The van der Waals surface area contributed by atoms with Crippen LogP contribution in [0.5, 0.6) is 0 Å². The Kier molecular flexibility index (Phi) is 6.31. The summed E-state index contributed by atoms with van der Waals surface area (Å²) in [6.07, 6.45) is 3.63. The van der Waals surface area contributed by atoms with E-state index in [9.17, 15) is 4.79 Å².